The van der Waals surface area contributed by atoms with Crippen LogP contribution in [0.4, 0.5) is 5.69 Å². The lowest BCUT2D eigenvalue weighted by Crippen LogP contribution is -2.28. The molecule has 0 spiro atoms. The van der Waals surface area contributed by atoms with Gasteiger partial charge in [-0.05, 0) is 25.5 Å². The highest BCUT2D eigenvalue weighted by Crippen LogP contribution is 2.20. The summed E-state index contributed by atoms with van der Waals surface area (Å²) in [6.45, 7) is 5.09. The van der Waals surface area contributed by atoms with E-state index >= 15 is 0 Å². The quantitative estimate of drug-likeness (QED) is 0.884. The van der Waals surface area contributed by atoms with Crippen LogP contribution in [-0.2, 0) is 9.59 Å². The van der Waals surface area contributed by atoms with Crippen LogP contribution < -0.4 is 5.32 Å². The lowest BCUT2D eigenvalue weighted by atomic mass is 10.1. The van der Waals surface area contributed by atoms with Gasteiger partial charge < -0.3 is 10.2 Å². The smallest absolute Gasteiger partial charge is 0.229 e. The summed E-state index contributed by atoms with van der Waals surface area (Å²) in [5.74, 6) is -0.215. The molecule has 1 aromatic rings. The molecule has 0 bridgehead atoms. The van der Waals surface area contributed by atoms with Crippen molar-refractivity contribution in [2.24, 2.45) is 5.92 Å². The fourth-order valence-corrected chi connectivity index (χ4v) is 2.20. The van der Waals surface area contributed by atoms with E-state index in [4.69, 9.17) is 0 Å². The second-order valence-corrected chi connectivity index (χ2v) is 4.64. The first-order valence-electron chi connectivity index (χ1n) is 6.26. The fraction of sp³-hybridized carbons (Fsp3) is 0.429. The molecular formula is C14H18N2O2. The second kappa shape index (κ2) is 5.21. The summed E-state index contributed by atoms with van der Waals surface area (Å²) >= 11 is 0. The molecule has 1 atom stereocenters. The monoisotopic (exact) mass is 246 g/mol. The van der Waals surface area contributed by atoms with Crippen molar-refractivity contribution in [2.75, 3.05) is 18.4 Å². The number of carbonyl (C=O) groups is 2. The average Bonchev–Trinajstić information content (AvgIpc) is 2.73. The first-order chi connectivity index (χ1) is 8.61. The number of nitrogens with one attached hydrogen (secondary N) is 1. The average molecular weight is 246 g/mol. The minimum atomic E-state index is -0.225. The molecule has 1 N–H and O–H groups in total. The molecule has 1 aliphatic heterocycles. The summed E-state index contributed by atoms with van der Waals surface area (Å²) in [5, 5.41) is 2.90. The van der Waals surface area contributed by atoms with Crippen LogP contribution in [0.1, 0.15) is 18.9 Å². The summed E-state index contributed by atoms with van der Waals surface area (Å²) in [4.78, 5) is 25.4. The SMILES string of the molecule is CCN1CC(C(=O)Nc2ccccc2C)CC1=O. The molecule has 1 unspecified atom stereocenters. The van der Waals surface area contributed by atoms with Crippen LogP contribution in [0.5, 0.6) is 0 Å². The van der Waals surface area contributed by atoms with E-state index in [0.29, 0.717) is 19.5 Å². The number of aryl methyl sites for hydroxylation is 1. The molecule has 4 nitrogen and oxygen atoms in total. The maximum absolute atomic E-state index is 12.1. The number of hydrogen-bond acceptors (Lipinski definition) is 2. The third kappa shape index (κ3) is 2.53. The number of benzene rings is 1. The van der Waals surface area contributed by atoms with Gasteiger partial charge in [-0.2, -0.15) is 0 Å². The lowest BCUT2D eigenvalue weighted by Gasteiger charge is -2.14. The molecule has 0 saturated carbocycles. The summed E-state index contributed by atoms with van der Waals surface area (Å²) < 4.78 is 0. The van der Waals surface area contributed by atoms with Gasteiger partial charge in [-0.15, -0.1) is 0 Å². The molecule has 2 rings (SSSR count). The number of para-hydroxylation sites is 1. The molecule has 1 aliphatic rings. The van der Waals surface area contributed by atoms with Crippen molar-refractivity contribution < 1.29 is 9.59 Å². The zero-order valence-electron chi connectivity index (χ0n) is 10.8. The lowest BCUT2D eigenvalue weighted by molar-refractivity contribution is -0.128. The number of rotatable bonds is 3. The Morgan fingerprint density at radius 1 is 1.44 bits per heavy atom. The molecule has 1 fully saturated rings. The molecule has 0 radical (unpaired) electrons. The molecule has 0 aliphatic carbocycles. The molecule has 0 aromatic heterocycles. The first-order valence-corrected chi connectivity index (χ1v) is 6.26. The van der Waals surface area contributed by atoms with Gasteiger partial charge in [0.25, 0.3) is 0 Å². The van der Waals surface area contributed by atoms with Crippen LogP contribution in [0.3, 0.4) is 0 Å². The van der Waals surface area contributed by atoms with Gasteiger partial charge in [0.1, 0.15) is 0 Å². The van der Waals surface area contributed by atoms with Crippen molar-refractivity contribution in [3.05, 3.63) is 29.8 Å². The highest BCUT2D eigenvalue weighted by atomic mass is 16.2. The summed E-state index contributed by atoms with van der Waals surface area (Å²) in [7, 11) is 0. The maximum Gasteiger partial charge on any atom is 0.229 e. The molecule has 96 valence electrons. The van der Waals surface area contributed by atoms with Gasteiger partial charge in [-0.25, -0.2) is 0 Å². The van der Waals surface area contributed by atoms with Gasteiger partial charge in [-0.1, -0.05) is 18.2 Å². The zero-order valence-corrected chi connectivity index (χ0v) is 10.8. The molecular weight excluding hydrogens is 228 g/mol. The van der Waals surface area contributed by atoms with Crippen LogP contribution >= 0.6 is 0 Å². The number of nitrogens with zero attached hydrogens (tertiary/aromatic N) is 1. The minimum absolute atomic E-state index is 0.0615. The second-order valence-electron chi connectivity index (χ2n) is 4.64. The largest absolute Gasteiger partial charge is 0.342 e. The Labute approximate surface area is 107 Å². The van der Waals surface area contributed by atoms with Crippen LogP contribution in [0.25, 0.3) is 0 Å². The molecule has 1 aromatic carbocycles. The van der Waals surface area contributed by atoms with E-state index in [1.54, 1.807) is 4.90 Å². The van der Waals surface area contributed by atoms with Gasteiger partial charge in [0, 0.05) is 25.2 Å². The number of amides is 2. The van der Waals surface area contributed by atoms with Gasteiger partial charge in [0.15, 0.2) is 0 Å². The Morgan fingerprint density at radius 3 is 2.78 bits per heavy atom. The summed E-state index contributed by atoms with van der Waals surface area (Å²) in [6, 6.07) is 7.65. The predicted octanol–water partition coefficient (Wildman–Crippen LogP) is 1.80. The summed E-state index contributed by atoms with van der Waals surface area (Å²) in [6.07, 6.45) is 0.325. The Hall–Kier alpha value is -1.84. The number of anilines is 1. The summed E-state index contributed by atoms with van der Waals surface area (Å²) in [5.41, 5.74) is 1.85. The zero-order chi connectivity index (χ0) is 13.1. The highest BCUT2D eigenvalue weighted by molar-refractivity contribution is 5.97. The Bertz CT molecular complexity index is 471. The van der Waals surface area contributed by atoms with E-state index in [9.17, 15) is 9.59 Å². The van der Waals surface area contributed by atoms with Crippen LogP contribution in [-0.4, -0.2) is 29.8 Å². The van der Waals surface area contributed by atoms with Crippen LogP contribution in [0, 0.1) is 12.8 Å². The van der Waals surface area contributed by atoms with Gasteiger partial charge in [-0.3, -0.25) is 9.59 Å². The normalized spacial score (nSPS) is 19.1. The predicted molar refractivity (Wildman–Crippen MR) is 70.2 cm³/mol. The number of hydrogen-bond donors (Lipinski definition) is 1. The van der Waals surface area contributed by atoms with E-state index in [1.165, 1.54) is 0 Å². The third-order valence-corrected chi connectivity index (χ3v) is 3.37. The Kier molecular flexibility index (Phi) is 3.65. The molecule has 4 heteroatoms. The Balaban J connectivity index is 2.02. The van der Waals surface area contributed by atoms with Gasteiger partial charge in [0.2, 0.25) is 11.8 Å². The number of likely N-dealkylation sites (tertiary alicyclic amines) is 1. The van der Waals surface area contributed by atoms with Crippen molar-refractivity contribution in [3.8, 4) is 0 Å². The highest BCUT2D eigenvalue weighted by Gasteiger charge is 2.33. The van der Waals surface area contributed by atoms with Gasteiger partial charge in [0.05, 0.1) is 5.92 Å². The van der Waals surface area contributed by atoms with Crippen molar-refractivity contribution in [1.82, 2.24) is 4.90 Å². The number of carbonyl (C=O) groups excluding carboxylic acids is 2. The van der Waals surface area contributed by atoms with E-state index in [-0.39, 0.29) is 17.7 Å². The van der Waals surface area contributed by atoms with E-state index in [0.717, 1.165) is 11.3 Å². The Morgan fingerprint density at radius 2 is 2.17 bits per heavy atom. The van der Waals surface area contributed by atoms with E-state index < -0.39 is 0 Å². The van der Waals surface area contributed by atoms with E-state index in [2.05, 4.69) is 5.32 Å². The minimum Gasteiger partial charge on any atom is -0.342 e. The first kappa shape index (κ1) is 12.6. The van der Waals surface area contributed by atoms with Crippen LogP contribution in [0.2, 0.25) is 0 Å². The fourth-order valence-electron chi connectivity index (χ4n) is 2.20. The maximum atomic E-state index is 12.1. The molecule has 1 heterocycles. The van der Waals surface area contributed by atoms with Crippen LogP contribution in [0.15, 0.2) is 24.3 Å². The van der Waals surface area contributed by atoms with Gasteiger partial charge >= 0.3 is 0 Å². The van der Waals surface area contributed by atoms with Crippen molar-refractivity contribution in [1.29, 1.82) is 0 Å². The standard InChI is InChI=1S/C14H18N2O2/c1-3-16-9-11(8-13(16)17)14(18)15-12-7-5-4-6-10(12)2/h4-7,11H,3,8-9H2,1-2H3,(H,15,18). The van der Waals surface area contributed by atoms with Crippen molar-refractivity contribution in [2.45, 2.75) is 20.3 Å². The topological polar surface area (TPSA) is 49.4 Å². The van der Waals surface area contributed by atoms with Crippen molar-refractivity contribution in [3.63, 3.8) is 0 Å². The molecule has 18 heavy (non-hydrogen) atoms. The van der Waals surface area contributed by atoms with Crippen molar-refractivity contribution >= 4 is 17.5 Å². The third-order valence-electron chi connectivity index (χ3n) is 3.37. The molecule has 2 amide bonds. The van der Waals surface area contributed by atoms with E-state index in [1.807, 2.05) is 38.1 Å². The molecule has 1 saturated heterocycles.